The fourth-order valence-electron chi connectivity index (χ4n) is 2.39. The zero-order chi connectivity index (χ0) is 10.2. The largest absolute Gasteiger partial charge is 0.373 e. The van der Waals surface area contributed by atoms with Gasteiger partial charge in [-0.15, -0.1) is 0 Å². The number of ether oxygens (including phenoxy) is 2. The van der Waals surface area contributed by atoms with Crippen LogP contribution in [0.4, 0.5) is 0 Å². The van der Waals surface area contributed by atoms with Crippen LogP contribution in [0.5, 0.6) is 0 Å². The van der Waals surface area contributed by atoms with E-state index in [1.54, 1.807) is 0 Å². The molecule has 0 radical (unpaired) electrons. The molecule has 1 N–H and O–H groups in total. The Morgan fingerprint density at radius 1 is 1.29 bits per heavy atom. The third kappa shape index (κ3) is 2.27. The molecule has 14 heavy (non-hydrogen) atoms. The summed E-state index contributed by atoms with van der Waals surface area (Å²) in [4.78, 5) is 0. The number of hydrogen-bond donors (Lipinski definition) is 1. The van der Waals surface area contributed by atoms with Gasteiger partial charge in [-0.3, -0.25) is 0 Å². The number of nitrogens with one attached hydrogen (secondary N) is 1. The summed E-state index contributed by atoms with van der Waals surface area (Å²) in [5.41, 5.74) is -0.0552. The standard InChI is InChI=1S/C11H21NO2/c1-11(2,3)14-9-5-4-8-10(9)13-7-6-12-8/h8-10,12H,4-7H2,1-3H3/t8-,9+,10-/m1/s1. The Balaban J connectivity index is 1.94. The van der Waals surface area contributed by atoms with E-state index in [-0.39, 0.29) is 17.8 Å². The Morgan fingerprint density at radius 3 is 2.79 bits per heavy atom. The van der Waals surface area contributed by atoms with E-state index in [0.29, 0.717) is 6.04 Å². The van der Waals surface area contributed by atoms with Crippen LogP contribution in [0.25, 0.3) is 0 Å². The maximum atomic E-state index is 6.00. The number of morpholine rings is 1. The molecule has 82 valence electrons. The highest BCUT2D eigenvalue weighted by Gasteiger charge is 2.40. The number of rotatable bonds is 1. The second-order valence-electron chi connectivity index (χ2n) is 5.24. The van der Waals surface area contributed by atoms with Gasteiger partial charge in [0, 0.05) is 12.6 Å². The Kier molecular flexibility index (Phi) is 2.82. The highest BCUT2D eigenvalue weighted by Crippen LogP contribution is 2.30. The van der Waals surface area contributed by atoms with E-state index in [0.717, 1.165) is 19.6 Å². The van der Waals surface area contributed by atoms with Crippen molar-refractivity contribution in [3.63, 3.8) is 0 Å². The fourth-order valence-corrected chi connectivity index (χ4v) is 2.39. The average molecular weight is 199 g/mol. The first-order valence-corrected chi connectivity index (χ1v) is 5.59. The molecule has 1 aliphatic heterocycles. The third-order valence-corrected chi connectivity index (χ3v) is 2.85. The van der Waals surface area contributed by atoms with Crippen molar-refractivity contribution in [1.29, 1.82) is 0 Å². The van der Waals surface area contributed by atoms with Gasteiger partial charge < -0.3 is 14.8 Å². The van der Waals surface area contributed by atoms with Crippen LogP contribution in [-0.2, 0) is 9.47 Å². The minimum atomic E-state index is -0.0552. The monoisotopic (exact) mass is 199 g/mol. The molecule has 3 heteroatoms. The zero-order valence-electron chi connectivity index (χ0n) is 9.38. The van der Waals surface area contributed by atoms with Gasteiger partial charge in [-0.05, 0) is 33.6 Å². The van der Waals surface area contributed by atoms with Gasteiger partial charge >= 0.3 is 0 Å². The molecule has 1 aliphatic carbocycles. The van der Waals surface area contributed by atoms with E-state index in [2.05, 4.69) is 26.1 Å². The Morgan fingerprint density at radius 2 is 2.07 bits per heavy atom. The van der Waals surface area contributed by atoms with E-state index in [1.165, 1.54) is 6.42 Å². The summed E-state index contributed by atoms with van der Waals surface area (Å²) < 4.78 is 11.8. The predicted octanol–water partition coefficient (Wildman–Crippen LogP) is 1.32. The summed E-state index contributed by atoms with van der Waals surface area (Å²) in [6.07, 6.45) is 2.88. The van der Waals surface area contributed by atoms with E-state index in [1.807, 2.05) is 0 Å². The molecule has 2 rings (SSSR count). The molecule has 0 aromatic heterocycles. The molecule has 0 bridgehead atoms. The molecular formula is C11H21NO2. The van der Waals surface area contributed by atoms with Crippen molar-refractivity contribution in [2.75, 3.05) is 13.2 Å². The van der Waals surface area contributed by atoms with Gasteiger partial charge in [-0.25, -0.2) is 0 Å². The molecule has 2 aliphatic rings. The molecular weight excluding hydrogens is 178 g/mol. The van der Waals surface area contributed by atoms with E-state index in [9.17, 15) is 0 Å². The van der Waals surface area contributed by atoms with Crippen molar-refractivity contribution in [2.24, 2.45) is 0 Å². The summed E-state index contributed by atoms with van der Waals surface area (Å²) in [7, 11) is 0. The Bertz CT molecular complexity index is 200. The predicted molar refractivity (Wildman–Crippen MR) is 55.4 cm³/mol. The molecule has 1 saturated carbocycles. The summed E-state index contributed by atoms with van der Waals surface area (Å²) in [6.45, 7) is 8.14. The topological polar surface area (TPSA) is 30.5 Å². The van der Waals surface area contributed by atoms with Gasteiger partial charge in [-0.1, -0.05) is 0 Å². The highest BCUT2D eigenvalue weighted by atomic mass is 16.6. The lowest BCUT2D eigenvalue weighted by atomic mass is 10.1. The van der Waals surface area contributed by atoms with Gasteiger partial charge in [0.05, 0.1) is 24.4 Å². The van der Waals surface area contributed by atoms with Gasteiger partial charge in [0.1, 0.15) is 0 Å². The van der Waals surface area contributed by atoms with Crippen LogP contribution in [0.1, 0.15) is 33.6 Å². The van der Waals surface area contributed by atoms with E-state index < -0.39 is 0 Å². The summed E-state index contributed by atoms with van der Waals surface area (Å²) in [5, 5.41) is 3.49. The normalized spacial score (nSPS) is 38.4. The van der Waals surface area contributed by atoms with Gasteiger partial charge in [0.25, 0.3) is 0 Å². The van der Waals surface area contributed by atoms with Crippen LogP contribution in [-0.4, -0.2) is 37.0 Å². The third-order valence-electron chi connectivity index (χ3n) is 2.85. The van der Waals surface area contributed by atoms with Crippen molar-refractivity contribution in [3.05, 3.63) is 0 Å². The Hall–Kier alpha value is -0.120. The van der Waals surface area contributed by atoms with Gasteiger partial charge in [0.15, 0.2) is 0 Å². The number of fused-ring (bicyclic) bond motifs is 1. The molecule has 3 nitrogen and oxygen atoms in total. The first-order chi connectivity index (χ1) is 6.56. The van der Waals surface area contributed by atoms with Crippen molar-refractivity contribution < 1.29 is 9.47 Å². The molecule has 1 heterocycles. The molecule has 0 aromatic rings. The van der Waals surface area contributed by atoms with Crippen LogP contribution < -0.4 is 5.32 Å². The van der Waals surface area contributed by atoms with E-state index >= 15 is 0 Å². The smallest absolute Gasteiger partial charge is 0.0989 e. The number of hydrogen-bond acceptors (Lipinski definition) is 3. The maximum Gasteiger partial charge on any atom is 0.0989 e. The van der Waals surface area contributed by atoms with Crippen LogP contribution >= 0.6 is 0 Å². The van der Waals surface area contributed by atoms with Crippen LogP contribution in [0.3, 0.4) is 0 Å². The van der Waals surface area contributed by atoms with Gasteiger partial charge in [0.2, 0.25) is 0 Å². The summed E-state index contributed by atoms with van der Waals surface area (Å²) in [5.74, 6) is 0. The average Bonchev–Trinajstić information content (AvgIpc) is 2.47. The molecule has 3 atom stereocenters. The Labute approximate surface area is 86.2 Å². The van der Waals surface area contributed by atoms with Crippen molar-refractivity contribution in [3.8, 4) is 0 Å². The van der Waals surface area contributed by atoms with E-state index in [4.69, 9.17) is 9.47 Å². The van der Waals surface area contributed by atoms with Crippen molar-refractivity contribution >= 4 is 0 Å². The molecule has 0 amide bonds. The van der Waals surface area contributed by atoms with Gasteiger partial charge in [-0.2, -0.15) is 0 Å². The molecule has 2 fully saturated rings. The second kappa shape index (κ2) is 3.80. The maximum absolute atomic E-state index is 6.00. The summed E-state index contributed by atoms with van der Waals surface area (Å²) in [6, 6.07) is 0.524. The molecule has 0 spiro atoms. The summed E-state index contributed by atoms with van der Waals surface area (Å²) >= 11 is 0. The van der Waals surface area contributed by atoms with Crippen molar-refractivity contribution in [2.45, 2.75) is 57.5 Å². The van der Waals surface area contributed by atoms with Crippen LogP contribution in [0.15, 0.2) is 0 Å². The highest BCUT2D eigenvalue weighted by molar-refractivity contribution is 4.94. The zero-order valence-corrected chi connectivity index (χ0v) is 9.38. The van der Waals surface area contributed by atoms with Crippen LogP contribution in [0, 0.1) is 0 Å². The molecule has 0 aromatic carbocycles. The fraction of sp³-hybridized carbons (Fsp3) is 1.00. The molecule has 1 saturated heterocycles. The first kappa shape index (κ1) is 10.4. The SMILES string of the molecule is CC(C)(C)O[C@H]1CC[C@H]2NCCO[C@@H]12. The lowest BCUT2D eigenvalue weighted by Crippen LogP contribution is -2.50. The second-order valence-corrected chi connectivity index (χ2v) is 5.24. The van der Waals surface area contributed by atoms with Crippen molar-refractivity contribution in [1.82, 2.24) is 5.32 Å². The lowest BCUT2D eigenvalue weighted by molar-refractivity contribution is -0.128. The minimum Gasteiger partial charge on any atom is -0.373 e. The minimum absolute atomic E-state index is 0.0552. The molecule has 0 unspecified atom stereocenters. The van der Waals surface area contributed by atoms with Crippen LogP contribution in [0.2, 0.25) is 0 Å². The lowest BCUT2D eigenvalue weighted by Gasteiger charge is -2.33. The first-order valence-electron chi connectivity index (χ1n) is 5.59. The quantitative estimate of drug-likeness (QED) is 0.691.